The average Bonchev–Trinajstić information content (AvgIpc) is 2.66. The number of methoxy groups -OCH3 is 1. The molecule has 0 fully saturated rings. The molecule has 0 radical (unpaired) electrons. The van der Waals surface area contributed by atoms with E-state index in [-0.39, 0.29) is 5.84 Å². The fraction of sp³-hybridized carbons (Fsp3) is 0.200. The quantitative estimate of drug-likeness (QED) is 0.291. The lowest BCUT2D eigenvalue weighted by molar-refractivity contribution is 0.284. The van der Waals surface area contributed by atoms with Gasteiger partial charge in [-0.05, 0) is 36.3 Å². The minimum absolute atomic E-state index is 0.0477. The maximum Gasteiger partial charge on any atom is 0.162 e. The standard InChI is InChI=1S/C20H24N3O3P/c1-13(27)23-20(22)16-11-19(26-12-14-6-4-3-5-7-14)18(25-2)10-15(16)17(21)8-9-24/h3-11,17,22,24H,12,21,27H2,1-2H3/b9-8-,22-20?,23-13-. The van der Waals surface area contributed by atoms with Gasteiger partial charge in [0.05, 0.1) is 19.4 Å². The van der Waals surface area contributed by atoms with Gasteiger partial charge in [-0.25, -0.2) is 4.99 Å². The molecule has 2 rings (SSSR count). The molecule has 0 aliphatic carbocycles. The molecule has 6 nitrogen and oxygen atoms in total. The molecule has 0 amide bonds. The number of nitrogens with two attached hydrogens (primary N) is 1. The largest absolute Gasteiger partial charge is 0.516 e. The zero-order valence-corrected chi connectivity index (χ0v) is 16.5. The molecule has 0 aliphatic rings. The number of benzene rings is 2. The first-order valence-corrected chi connectivity index (χ1v) is 8.88. The van der Waals surface area contributed by atoms with E-state index < -0.39 is 6.04 Å². The number of nitrogens with one attached hydrogen (secondary N) is 1. The number of aliphatic hydroxyl groups is 1. The first-order valence-electron chi connectivity index (χ1n) is 8.31. The Labute approximate surface area is 161 Å². The average molecular weight is 385 g/mol. The second-order valence-corrected chi connectivity index (χ2v) is 6.67. The van der Waals surface area contributed by atoms with Crippen molar-refractivity contribution < 1.29 is 14.6 Å². The second kappa shape index (κ2) is 9.86. The number of amidine groups is 1. The molecular weight excluding hydrogens is 361 g/mol. The lowest BCUT2D eigenvalue weighted by atomic mass is 9.99. The van der Waals surface area contributed by atoms with Crippen LogP contribution in [0.1, 0.15) is 29.7 Å². The highest BCUT2D eigenvalue weighted by atomic mass is 31.0. The highest BCUT2D eigenvalue weighted by Gasteiger charge is 2.18. The van der Waals surface area contributed by atoms with Crippen molar-refractivity contribution in [1.82, 2.24) is 0 Å². The molecule has 2 aromatic carbocycles. The van der Waals surface area contributed by atoms with Gasteiger partial charge in [0.2, 0.25) is 0 Å². The van der Waals surface area contributed by atoms with Crippen LogP contribution < -0.4 is 15.2 Å². The third-order valence-electron chi connectivity index (χ3n) is 3.77. The van der Waals surface area contributed by atoms with Gasteiger partial charge in [-0.3, -0.25) is 5.41 Å². The Bertz CT molecular complexity index is 847. The summed E-state index contributed by atoms with van der Waals surface area (Å²) >= 11 is 0. The molecule has 0 bridgehead atoms. The smallest absolute Gasteiger partial charge is 0.162 e. The molecule has 2 atom stereocenters. The van der Waals surface area contributed by atoms with E-state index in [1.165, 1.54) is 13.2 Å². The van der Waals surface area contributed by atoms with Gasteiger partial charge in [-0.15, -0.1) is 0 Å². The third kappa shape index (κ3) is 5.64. The summed E-state index contributed by atoms with van der Waals surface area (Å²) in [4.78, 5) is 4.19. The van der Waals surface area contributed by atoms with E-state index >= 15 is 0 Å². The van der Waals surface area contributed by atoms with Crippen molar-refractivity contribution in [3.8, 4) is 11.5 Å². The number of aliphatic hydroxyl groups excluding tert-OH is 1. The Morgan fingerprint density at radius 2 is 2.00 bits per heavy atom. The highest BCUT2D eigenvalue weighted by Crippen LogP contribution is 2.34. The normalized spacial score (nSPS) is 12.8. The summed E-state index contributed by atoms with van der Waals surface area (Å²) in [7, 11) is 3.99. The summed E-state index contributed by atoms with van der Waals surface area (Å²) in [6, 6.07) is 12.5. The molecule has 0 aliphatic heterocycles. The predicted molar refractivity (Wildman–Crippen MR) is 112 cm³/mol. The van der Waals surface area contributed by atoms with Gasteiger partial charge >= 0.3 is 0 Å². The summed E-state index contributed by atoms with van der Waals surface area (Å²) < 4.78 is 11.4. The minimum atomic E-state index is -0.623. The molecule has 27 heavy (non-hydrogen) atoms. The molecule has 0 aromatic heterocycles. The first-order chi connectivity index (χ1) is 13.0. The summed E-state index contributed by atoms with van der Waals surface area (Å²) in [6.45, 7) is 2.14. The van der Waals surface area contributed by atoms with Gasteiger partial charge in [0.15, 0.2) is 17.3 Å². The van der Waals surface area contributed by atoms with Crippen molar-refractivity contribution in [2.45, 2.75) is 19.6 Å². The van der Waals surface area contributed by atoms with Crippen molar-refractivity contribution in [3.05, 3.63) is 71.5 Å². The maximum atomic E-state index is 9.06. The molecular formula is C20H24N3O3P. The number of ether oxygens (including phenoxy) is 2. The van der Waals surface area contributed by atoms with Crippen molar-refractivity contribution in [3.63, 3.8) is 0 Å². The summed E-state index contributed by atoms with van der Waals surface area (Å²) in [5.74, 6) is 1.03. The SMILES string of the molecule is COc1cc(C(N)/C=C\O)c(C(=N)/N=C(/C)P)cc1OCc1ccccc1. The van der Waals surface area contributed by atoms with Gasteiger partial charge < -0.3 is 20.3 Å². The van der Waals surface area contributed by atoms with E-state index in [1.807, 2.05) is 30.3 Å². The fourth-order valence-corrected chi connectivity index (χ4v) is 2.63. The van der Waals surface area contributed by atoms with Crippen molar-refractivity contribution in [2.75, 3.05) is 7.11 Å². The van der Waals surface area contributed by atoms with Crippen LogP contribution >= 0.6 is 9.24 Å². The summed E-state index contributed by atoms with van der Waals surface area (Å²) in [5.41, 5.74) is 8.91. The van der Waals surface area contributed by atoms with Crippen LogP contribution in [0, 0.1) is 5.41 Å². The van der Waals surface area contributed by atoms with Crippen LogP contribution in [0.2, 0.25) is 0 Å². The van der Waals surface area contributed by atoms with E-state index in [9.17, 15) is 0 Å². The zero-order chi connectivity index (χ0) is 19.8. The first kappa shape index (κ1) is 20.6. The van der Waals surface area contributed by atoms with Crippen LogP contribution in [0.4, 0.5) is 0 Å². The number of hydrogen-bond acceptors (Lipinski definition) is 5. The maximum absolute atomic E-state index is 9.06. The summed E-state index contributed by atoms with van der Waals surface area (Å²) in [5, 5.41) is 17.4. The number of nitrogens with zero attached hydrogens (tertiary/aromatic N) is 1. The Hall–Kier alpha value is -2.69. The van der Waals surface area contributed by atoms with E-state index in [4.69, 9.17) is 25.7 Å². The molecule has 0 saturated heterocycles. The zero-order valence-electron chi connectivity index (χ0n) is 15.3. The Morgan fingerprint density at radius 1 is 1.30 bits per heavy atom. The number of rotatable bonds is 7. The van der Waals surface area contributed by atoms with Crippen molar-refractivity contribution in [2.24, 2.45) is 10.7 Å². The van der Waals surface area contributed by atoms with Gasteiger partial charge in [0, 0.05) is 11.0 Å². The van der Waals surface area contributed by atoms with Gasteiger partial charge in [-0.1, -0.05) is 39.6 Å². The van der Waals surface area contributed by atoms with E-state index in [0.29, 0.717) is 34.7 Å². The monoisotopic (exact) mass is 385 g/mol. The van der Waals surface area contributed by atoms with Crippen LogP contribution in [0.5, 0.6) is 11.5 Å². The molecule has 2 aromatic rings. The van der Waals surface area contributed by atoms with Crippen molar-refractivity contribution >= 4 is 20.5 Å². The van der Waals surface area contributed by atoms with Crippen LogP contribution in [0.3, 0.4) is 0 Å². The molecule has 142 valence electrons. The lowest BCUT2D eigenvalue weighted by Gasteiger charge is -2.18. The number of aliphatic imine (C=N–C) groups is 1. The Morgan fingerprint density at radius 3 is 2.59 bits per heavy atom. The number of hydrogen-bond donors (Lipinski definition) is 3. The molecule has 7 heteroatoms. The van der Waals surface area contributed by atoms with Gasteiger partial charge in [0.1, 0.15) is 6.61 Å². The molecule has 0 saturated carbocycles. The molecule has 0 heterocycles. The summed E-state index contributed by atoms with van der Waals surface area (Å²) in [6.07, 6.45) is 2.31. The van der Waals surface area contributed by atoms with Crippen molar-refractivity contribution in [1.29, 1.82) is 5.41 Å². The lowest BCUT2D eigenvalue weighted by Crippen LogP contribution is -2.14. The minimum Gasteiger partial charge on any atom is -0.516 e. The van der Waals surface area contributed by atoms with E-state index in [2.05, 4.69) is 14.2 Å². The van der Waals surface area contributed by atoms with E-state index in [0.717, 1.165) is 11.8 Å². The Kier molecular flexibility index (Phi) is 7.53. The van der Waals surface area contributed by atoms with Crippen LogP contribution in [-0.4, -0.2) is 23.5 Å². The van der Waals surface area contributed by atoms with Gasteiger partial charge in [-0.2, -0.15) is 0 Å². The van der Waals surface area contributed by atoms with Crippen LogP contribution in [0.15, 0.2) is 59.8 Å². The van der Waals surface area contributed by atoms with Crippen LogP contribution in [0.25, 0.3) is 0 Å². The second-order valence-electron chi connectivity index (χ2n) is 5.83. The topological polar surface area (TPSA) is 101 Å². The molecule has 4 N–H and O–H groups in total. The fourth-order valence-electron chi connectivity index (χ4n) is 2.50. The Balaban J connectivity index is 2.46. The molecule has 2 unspecified atom stereocenters. The van der Waals surface area contributed by atoms with E-state index in [1.54, 1.807) is 19.1 Å². The third-order valence-corrected chi connectivity index (χ3v) is 3.90. The molecule has 0 spiro atoms. The van der Waals surface area contributed by atoms with Gasteiger partial charge in [0.25, 0.3) is 0 Å². The highest BCUT2D eigenvalue weighted by molar-refractivity contribution is 7.40. The predicted octanol–water partition coefficient (Wildman–Crippen LogP) is 3.96. The van der Waals surface area contributed by atoms with Crippen LogP contribution in [-0.2, 0) is 6.61 Å².